The Bertz CT molecular complexity index is 612. The maximum absolute atomic E-state index is 12.1. The minimum absolute atomic E-state index is 0.201. The summed E-state index contributed by atoms with van der Waals surface area (Å²) in [5.74, 6) is -3.15. The zero-order valence-corrected chi connectivity index (χ0v) is 11.3. The first-order chi connectivity index (χ1) is 9.28. The number of hydrogen-bond acceptors (Lipinski definition) is 4. The molecule has 7 heteroatoms. The standard InChI is InChI=1S/C13H14O6S/c14-11(15)13(12(16)17)6-10(7-13)20(18,19)8-9-4-2-1-3-5-9/h1-5,10H,6-8H2,(H,14,15)(H,16,17). The van der Waals surface area contributed by atoms with Crippen molar-refractivity contribution in [2.24, 2.45) is 5.41 Å². The van der Waals surface area contributed by atoms with E-state index in [1.165, 1.54) is 0 Å². The molecular weight excluding hydrogens is 284 g/mol. The summed E-state index contributed by atoms with van der Waals surface area (Å²) in [4.78, 5) is 22.0. The molecule has 0 aromatic heterocycles. The molecule has 0 heterocycles. The third-order valence-corrected chi connectivity index (χ3v) is 5.77. The molecule has 0 unspecified atom stereocenters. The molecule has 0 bridgehead atoms. The van der Waals surface area contributed by atoms with Crippen molar-refractivity contribution in [1.82, 2.24) is 0 Å². The molecule has 0 atom stereocenters. The third kappa shape index (κ3) is 2.40. The van der Waals surface area contributed by atoms with Gasteiger partial charge in [-0.15, -0.1) is 0 Å². The monoisotopic (exact) mass is 298 g/mol. The van der Waals surface area contributed by atoms with Crippen molar-refractivity contribution in [3.63, 3.8) is 0 Å². The number of benzene rings is 1. The second-order valence-electron chi connectivity index (χ2n) is 5.02. The predicted octanol–water partition coefficient (Wildman–Crippen LogP) is 0.919. The lowest BCUT2D eigenvalue weighted by Crippen LogP contribution is -2.55. The fourth-order valence-electron chi connectivity index (χ4n) is 2.34. The lowest BCUT2D eigenvalue weighted by molar-refractivity contribution is -0.170. The molecule has 0 saturated heterocycles. The minimum Gasteiger partial charge on any atom is -0.480 e. The fourth-order valence-corrected chi connectivity index (χ4v) is 4.31. The Morgan fingerprint density at radius 2 is 1.60 bits per heavy atom. The Hall–Kier alpha value is -1.89. The van der Waals surface area contributed by atoms with E-state index in [1.807, 2.05) is 0 Å². The maximum atomic E-state index is 12.1. The number of hydrogen-bond donors (Lipinski definition) is 2. The van der Waals surface area contributed by atoms with Crippen LogP contribution in [0.5, 0.6) is 0 Å². The molecule has 0 spiro atoms. The average molecular weight is 298 g/mol. The molecule has 1 aliphatic rings. The zero-order valence-electron chi connectivity index (χ0n) is 10.5. The number of sulfone groups is 1. The molecule has 108 valence electrons. The molecule has 0 amide bonds. The summed E-state index contributed by atoms with van der Waals surface area (Å²) in [7, 11) is -3.54. The van der Waals surface area contributed by atoms with Crippen LogP contribution in [0, 0.1) is 5.41 Å². The van der Waals surface area contributed by atoms with Crippen LogP contribution in [-0.4, -0.2) is 35.8 Å². The van der Waals surface area contributed by atoms with Crippen molar-refractivity contribution in [3.8, 4) is 0 Å². The Morgan fingerprint density at radius 1 is 1.10 bits per heavy atom. The highest BCUT2D eigenvalue weighted by atomic mass is 32.2. The van der Waals surface area contributed by atoms with Gasteiger partial charge in [-0.05, 0) is 18.4 Å². The summed E-state index contributed by atoms with van der Waals surface area (Å²) in [6, 6.07) is 8.52. The summed E-state index contributed by atoms with van der Waals surface area (Å²) in [6.45, 7) is 0. The van der Waals surface area contributed by atoms with Gasteiger partial charge in [-0.2, -0.15) is 0 Å². The molecule has 2 rings (SSSR count). The van der Waals surface area contributed by atoms with Crippen LogP contribution in [0.1, 0.15) is 18.4 Å². The van der Waals surface area contributed by atoms with Gasteiger partial charge in [-0.1, -0.05) is 30.3 Å². The van der Waals surface area contributed by atoms with Gasteiger partial charge >= 0.3 is 11.9 Å². The second-order valence-corrected chi connectivity index (χ2v) is 7.30. The summed E-state index contributed by atoms with van der Waals surface area (Å²) >= 11 is 0. The van der Waals surface area contributed by atoms with Crippen LogP contribution in [0.4, 0.5) is 0 Å². The van der Waals surface area contributed by atoms with Crippen molar-refractivity contribution < 1.29 is 28.2 Å². The van der Waals surface area contributed by atoms with E-state index < -0.39 is 32.4 Å². The van der Waals surface area contributed by atoms with Gasteiger partial charge < -0.3 is 10.2 Å². The predicted molar refractivity (Wildman–Crippen MR) is 69.8 cm³/mol. The van der Waals surface area contributed by atoms with E-state index in [0.717, 1.165) is 0 Å². The number of carboxylic acid groups (broad SMARTS) is 2. The van der Waals surface area contributed by atoms with Gasteiger partial charge in [0.25, 0.3) is 0 Å². The highest BCUT2D eigenvalue weighted by Gasteiger charge is 2.60. The lowest BCUT2D eigenvalue weighted by atomic mass is 9.68. The smallest absolute Gasteiger partial charge is 0.321 e. The Morgan fingerprint density at radius 3 is 2.05 bits per heavy atom. The van der Waals surface area contributed by atoms with Crippen LogP contribution in [-0.2, 0) is 25.2 Å². The van der Waals surface area contributed by atoms with Crippen LogP contribution >= 0.6 is 0 Å². The molecule has 2 N–H and O–H groups in total. The first-order valence-electron chi connectivity index (χ1n) is 6.00. The largest absolute Gasteiger partial charge is 0.480 e. The van der Waals surface area contributed by atoms with Crippen molar-refractivity contribution in [2.75, 3.05) is 0 Å². The molecule has 1 aromatic carbocycles. The molecule has 1 aromatic rings. The molecule has 0 radical (unpaired) electrons. The summed E-state index contributed by atoms with van der Waals surface area (Å²) in [6.07, 6.45) is -0.736. The van der Waals surface area contributed by atoms with Gasteiger partial charge in [0, 0.05) is 0 Å². The van der Waals surface area contributed by atoms with E-state index in [0.29, 0.717) is 5.56 Å². The summed E-state index contributed by atoms with van der Waals surface area (Å²) < 4.78 is 24.3. The van der Waals surface area contributed by atoms with E-state index in [2.05, 4.69) is 0 Å². The quantitative estimate of drug-likeness (QED) is 0.782. The zero-order chi connectivity index (χ0) is 15.0. The van der Waals surface area contributed by atoms with E-state index in [4.69, 9.17) is 10.2 Å². The molecule has 0 aliphatic heterocycles. The van der Waals surface area contributed by atoms with Crippen molar-refractivity contribution >= 4 is 21.8 Å². The van der Waals surface area contributed by atoms with E-state index in [-0.39, 0.29) is 18.6 Å². The highest BCUT2D eigenvalue weighted by Crippen LogP contribution is 2.46. The van der Waals surface area contributed by atoms with Crippen LogP contribution < -0.4 is 0 Å². The highest BCUT2D eigenvalue weighted by molar-refractivity contribution is 7.91. The van der Waals surface area contributed by atoms with Crippen molar-refractivity contribution in [3.05, 3.63) is 35.9 Å². The molecule has 20 heavy (non-hydrogen) atoms. The molecule has 1 aliphatic carbocycles. The molecular formula is C13H14O6S. The van der Waals surface area contributed by atoms with Gasteiger partial charge in [0.1, 0.15) is 0 Å². The van der Waals surface area contributed by atoms with Crippen LogP contribution in [0.2, 0.25) is 0 Å². The summed E-state index contributed by atoms with van der Waals surface area (Å²) in [5.41, 5.74) is -1.34. The molecule has 1 saturated carbocycles. The van der Waals surface area contributed by atoms with E-state index in [9.17, 15) is 18.0 Å². The number of rotatable bonds is 5. The Kier molecular flexibility index (Phi) is 3.56. The van der Waals surface area contributed by atoms with Crippen LogP contribution in [0.15, 0.2) is 30.3 Å². The van der Waals surface area contributed by atoms with E-state index in [1.54, 1.807) is 30.3 Å². The normalized spacial score (nSPS) is 18.2. The van der Waals surface area contributed by atoms with Gasteiger partial charge in [-0.3, -0.25) is 9.59 Å². The van der Waals surface area contributed by atoms with Gasteiger partial charge in [0.05, 0.1) is 11.0 Å². The SMILES string of the molecule is O=C(O)C1(C(=O)O)CC(S(=O)(=O)Cc2ccccc2)C1. The number of aliphatic carboxylic acids is 2. The second kappa shape index (κ2) is 4.90. The number of carboxylic acids is 2. The lowest BCUT2D eigenvalue weighted by Gasteiger charge is -2.40. The van der Waals surface area contributed by atoms with Crippen molar-refractivity contribution in [1.29, 1.82) is 0 Å². The Balaban J connectivity index is 2.12. The van der Waals surface area contributed by atoms with Gasteiger partial charge in [0.2, 0.25) is 0 Å². The van der Waals surface area contributed by atoms with Gasteiger partial charge in [0.15, 0.2) is 15.3 Å². The average Bonchev–Trinajstić information content (AvgIpc) is 2.26. The Labute approximate surface area is 116 Å². The van der Waals surface area contributed by atoms with Gasteiger partial charge in [-0.25, -0.2) is 8.42 Å². The van der Waals surface area contributed by atoms with Crippen molar-refractivity contribution in [2.45, 2.75) is 23.8 Å². The maximum Gasteiger partial charge on any atom is 0.321 e. The number of carbonyl (C=O) groups is 2. The first kappa shape index (κ1) is 14.5. The van der Waals surface area contributed by atoms with E-state index >= 15 is 0 Å². The third-order valence-electron chi connectivity index (χ3n) is 3.69. The van der Waals surface area contributed by atoms with Crippen LogP contribution in [0.25, 0.3) is 0 Å². The first-order valence-corrected chi connectivity index (χ1v) is 7.72. The summed E-state index contributed by atoms with van der Waals surface area (Å²) in [5, 5.41) is 17.0. The fraction of sp³-hybridized carbons (Fsp3) is 0.385. The molecule has 1 fully saturated rings. The topological polar surface area (TPSA) is 109 Å². The van der Waals surface area contributed by atoms with Crippen LogP contribution in [0.3, 0.4) is 0 Å². The minimum atomic E-state index is -3.54. The molecule has 6 nitrogen and oxygen atoms in total.